The molecule has 0 amide bonds. The molecule has 0 fully saturated rings. The second kappa shape index (κ2) is 8.88. The molecule has 1 N–H and O–H groups in total. The molecule has 4 aromatic carbocycles. The van der Waals surface area contributed by atoms with Crippen LogP contribution in [0.1, 0.15) is 29.2 Å². The van der Waals surface area contributed by atoms with Crippen molar-refractivity contribution in [2.24, 2.45) is 5.10 Å². The van der Waals surface area contributed by atoms with Gasteiger partial charge in [-0.3, -0.25) is 5.01 Å². The highest BCUT2D eigenvalue weighted by atomic mass is 15.5. The molecule has 4 aromatic rings. The van der Waals surface area contributed by atoms with E-state index in [9.17, 15) is 0 Å². The van der Waals surface area contributed by atoms with Gasteiger partial charge in [-0.2, -0.15) is 5.10 Å². The van der Waals surface area contributed by atoms with E-state index in [-0.39, 0.29) is 6.04 Å². The third kappa shape index (κ3) is 4.36. The Labute approximate surface area is 183 Å². The molecule has 0 spiro atoms. The molecular formula is C28H25N3. The first kappa shape index (κ1) is 19.1. The summed E-state index contributed by atoms with van der Waals surface area (Å²) in [5.74, 6) is 0. The first-order valence-corrected chi connectivity index (χ1v) is 10.7. The third-order valence-corrected chi connectivity index (χ3v) is 5.67. The summed E-state index contributed by atoms with van der Waals surface area (Å²) in [5.41, 5.74) is 7.09. The van der Waals surface area contributed by atoms with E-state index in [1.54, 1.807) is 0 Å². The zero-order chi connectivity index (χ0) is 20.9. The van der Waals surface area contributed by atoms with Crippen LogP contribution in [-0.2, 0) is 6.54 Å². The Morgan fingerprint density at radius 3 is 2.00 bits per heavy atom. The maximum absolute atomic E-state index is 5.04. The molecule has 3 heteroatoms. The molecule has 0 unspecified atom stereocenters. The normalized spacial score (nSPS) is 15.5. The molecule has 1 heterocycles. The summed E-state index contributed by atoms with van der Waals surface area (Å²) in [6.45, 7) is 0.797. The molecule has 5 rings (SSSR count). The van der Waals surface area contributed by atoms with Crippen LogP contribution in [0.25, 0.3) is 0 Å². The highest BCUT2D eigenvalue weighted by molar-refractivity contribution is 6.03. The van der Waals surface area contributed by atoms with Crippen molar-refractivity contribution >= 4 is 17.1 Å². The van der Waals surface area contributed by atoms with Crippen molar-refractivity contribution in [1.82, 2.24) is 0 Å². The van der Waals surface area contributed by atoms with E-state index in [2.05, 4.69) is 101 Å². The number of anilines is 2. The summed E-state index contributed by atoms with van der Waals surface area (Å²) in [6.07, 6.45) is 0.894. The lowest BCUT2D eigenvalue weighted by molar-refractivity contribution is 0.709. The smallest absolute Gasteiger partial charge is 0.0831 e. The zero-order valence-electron chi connectivity index (χ0n) is 17.4. The molecular weight excluding hydrogens is 378 g/mol. The monoisotopic (exact) mass is 403 g/mol. The molecule has 0 saturated carbocycles. The second-order valence-corrected chi connectivity index (χ2v) is 7.77. The van der Waals surface area contributed by atoms with Gasteiger partial charge >= 0.3 is 0 Å². The van der Waals surface area contributed by atoms with Crippen molar-refractivity contribution in [2.75, 3.05) is 10.3 Å². The Balaban J connectivity index is 1.39. The Morgan fingerprint density at radius 2 is 1.32 bits per heavy atom. The highest BCUT2D eigenvalue weighted by Crippen LogP contribution is 2.36. The van der Waals surface area contributed by atoms with E-state index in [1.807, 2.05) is 24.3 Å². The summed E-state index contributed by atoms with van der Waals surface area (Å²) in [5, 5.41) is 10.7. The van der Waals surface area contributed by atoms with Gasteiger partial charge < -0.3 is 5.32 Å². The second-order valence-electron chi connectivity index (χ2n) is 7.77. The number of rotatable bonds is 6. The molecule has 0 aromatic heterocycles. The molecule has 152 valence electrons. The maximum atomic E-state index is 5.04. The van der Waals surface area contributed by atoms with Crippen LogP contribution in [0.4, 0.5) is 11.4 Å². The summed E-state index contributed by atoms with van der Waals surface area (Å²) in [4.78, 5) is 0. The molecule has 1 aliphatic heterocycles. The van der Waals surface area contributed by atoms with Gasteiger partial charge in [0.05, 0.1) is 17.4 Å². The Kier molecular flexibility index (Phi) is 5.48. The summed E-state index contributed by atoms with van der Waals surface area (Å²) >= 11 is 0. The van der Waals surface area contributed by atoms with E-state index >= 15 is 0 Å². The highest BCUT2D eigenvalue weighted by Gasteiger charge is 2.29. The number of para-hydroxylation sites is 1. The first-order chi connectivity index (χ1) is 15.4. The van der Waals surface area contributed by atoms with Gasteiger partial charge in [0.15, 0.2) is 0 Å². The minimum Gasteiger partial charge on any atom is -0.381 e. The van der Waals surface area contributed by atoms with Crippen LogP contribution in [0, 0.1) is 0 Å². The molecule has 0 radical (unpaired) electrons. The molecule has 0 bridgehead atoms. The van der Waals surface area contributed by atoms with Gasteiger partial charge in [-0.15, -0.1) is 0 Å². The molecule has 0 aliphatic carbocycles. The van der Waals surface area contributed by atoms with Gasteiger partial charge in [0, 0.05) is 18.7 Å². The SMILES string of the molecule is c1ccc(NCc2ccc(N3N=C(c4ccccc4)C[C@H]3c3ccccc3)cc2)cc1. The lowest BCUT2D eigenvalue weighted by atomic mass is 9.98. The van der Waals surface area contributed by atoms with Crippen molar-refractivity contribution in [2.45, 2.75) is 19.0 Å². The molecule has 0 saturated heterocycles. The quantitative estimate of drug-likeness (QED) is 0.390. The number of nitrogens with zero attached hydrogens (tertiary/aromatic N) is 2. The van der Waals surface area contributed by atoms with Crippen molar-refractivity contribution in [3.05, 3.63) is 132 Å². The molecule has 3 nitrogen and oxygen atoms in total. The number of benzene rings is 4. The van der Waals surface area contributed by atoms with E-state index < -0.39 is 0 Å². The minimum absolute atomic E-state index is 0.199. The summed E-state index contributed by atoms with van der Waals surface area (Å²) in [6, 6.07) is 40.4. The average molecular weight is 404 g/mol. The summed E-state index contributed by atoms with van der Waals surface area (Å²) in [7, 11) is 0. The van der Waals surface area contributed by atoms with Gasteiger partial charge in [-0.25, -0.2) is 0 Å². The van der Waals surface area contributed by atoms with Gasteiger partial charge in [0.25, 0.3) is 0 Å². The Bertz CT molecular complexity index is 1140. The van der Waals surface area contributed by atoms with Crippen LogP contribution in [0.3, 0.4) is 0 Å². The van der Waals surface area contributed by atoms with Crippen molar-refractivity contribution in [3.63, 3.8) is 0 Å². The van der Waals surface area contributed by atoms with Gasteiger partial charge in [-0.1, -0.05) is 91.0 Å². The lowest BCUT2D eigenvalue weighted by Crippen LogP contribution is -2.18. The van der Waals surface area contributed by atoms with Crippen molar-refractivity contribution < 1.29 is 0 Å². The van der Waals surface area contributed by atoms with Gasteiger partial charge in [0.1, 0.15) is 0 Å². The first-order valence-electron chi connectivity index (χ1n) is 10.7. The standard InChI is InChI=1S/C28H25N3/c1-4-10-23(11-5-1)27-20-28(24-12-6-2-7-13-24)31(30-27)26-18-16-22(17-19-26)21-29-25-14-8-3-9-15-25/h1-19,28-29H,20-21H2/t28-/m0/s1. The number of hydrazone groups is 1. The van der Waals surface area contributed by atoms with E-state index in [0.29, 0.717) is 0 Å². The van der Waals surface area contributed by atoms with Crippen LogP contribution in [-0.4, -0.2) is 5.71 Å². The van der Waals surface area contributed by atoms with Crippen LogP contribution < -0.4 is 10.3 Å². The number of hydrogen-bond donors (Lipinski definition) is 1. The van der Waals surface area contributed by atoms with E-state index in [1.165, 1.54) is 16.7 Å². The van der Waals surface area contributed by atoms with Gasteiger partial charge in [-0.05, 0) is 41.0 Å². The fraction of sp³-hybridized carbons (Fsp3) is 0.107. The van der Waals surface area contributed by atoms with E-state index in [4.69, 9.17) is 5.10 Å². The van der Waals surface area contributed by atoms with Gasteiger partial charge in [0.2, 0.25) is 0 Å². The fourth-order valence-electron chi connectivity index (χ4n) is 4.01. The fourth-order valence-corrected chi connectivity index (χ4v) is 4.01. The minimum atomic E-state index is 0.199. The number of nitrogens with one attached hydrogen (secondary N) is 1. The van der Waals surface area contributed by atoms with E-state index in [0.717, 1.165) is 30.1 Å². The maximum Gasteiger partial charge on any atom is 0.0831 e. The molecule has 1 aliphatic rings. The largest absolute Gasteiger partial charge is 0.381 e. The molecule has 1 atom stereocenters. The zero-order valence-corrected chi connectivity index (χ0v) is 17.4. The predicted octanol–water partition coefficient (Wildman–Crippen LogP) is 6.65. The molecule has 31 heavy (non-hydrogen) atoms. The van der Waals surface area contributed by atoms with Crippen molar-refractivity contribution in [1.29, 1.82) is 0 Å². The van der Waals surface area contributed by atoms with Crippen molar-refractivity contribution in [3.8, 4) is 0 Å². The van der Waals surface area contributed by atoms with Crippen LogP contribution >= 0.6 is 0 Å². The summed E-state index contributed by atoms with van der Waals surface area (Å²) < 4.78 is 0. The number of hydrogen-bond acceptors (Lipinski definition) is 3. The predicted molar refractivity (Wildman–Crippen MR) is 129 cm³/mol. The van der Waals surface area contributed by atoms with Crippen LogP contribution in [0.5, 0.6) is 0 Å². The lowest BCUT2D eigenvalue weighted by Gasteiger charge is -2.24. The third-order valence-electron chi connectivity index (χ3n) is 5.67. The van der Waals surface area contributed by atoms with Crippen LogP contribution in [0.2, 0.25) is 0 Å². The average Bonchev–Trinajstić information content (AvgIpc) is 3.30. The topological polar surface area (TPSA) is 27.6 Å². The Morgan fingerprint density at radius 1 is 0.710 bits per heavy atom. The Hall–Kier alpha value is -3.85. The van der Waals surface area contributed by atoms with Crippen LogP contribution in [0.15, 0.2) is 120 Å².